The first-order valence-electron chi connectivity index (χ1n) is 9.01. The van der Waals surface area contributed by atoms with Gasteiger partial charge in [0.05, 0.1) is 0 Å². The predicted molar refractivity (Wildman–Crippen MR) is 106 cm³/mol. The van der Waals surface area contributed by atoms with Gasteiger partial charge in [0.2, 0.25) is 11.8 Å². The van der Waals surface area contributed by atoms with Crippen LogP contribution in [0.5, 0.6) is 0 Å². The van der Waals surface area contributed by atoms with Gasteiger partial charge in [-0.25, -0.2) is 0 Å². The van der Waals surface area contributed by atoms with Crippen molar-refractivity contribution < 1.29 is 9.59 Å². The van der Waals surface area contributed by atoms with Gasteiger partial charge in [-0.3, -0.25) is 9.59 Å². The van der Waals surface area contributed by atoms with Crippen LogP contribution in [0.2, 0.25) is 0 Å². The fourth-order valence-electron chi connectivity index (χ4n) is 3.13. The number of hydrogen-bond donors (Lipinski definition) is 1. The summed E-state index contributed by atoms with van der Waals surface area (Å²) in [6, 6.07) is 17.6. The number of thioether (sulfide) groups is 1. The molecule has 0 aromatic heterocycles. The van der Waals surface area contributed by atoms with Crippen molar-refractivity contribution in [3.05, 3.63) is 60.2 Å². The van der Waals surface area contributed by atoms with Gasteiger partial charge in [0, 0.05) is 30.6 Å². The number of nitrogens with zero attached hydrogens (tertiary/aromatic N) is 1. The third kappa shape index (κ3) is 4.88. The van der Waals surface area contributed by atoms with Gasteiger partial charge in [-0.2, -0.15) is 0 Å². The van der Waals surface area contributed by atoms with Crippen LogP contribution in [0.15, 0.2) is 59.5 Å². The first-order valence-corrected chi connectivity index (χ1v) is 9.89. The predicted octanol–water partition coefficient (Wildman–Crippen LogP) is 4.49. The van der Waals surface area contributed by atoms with E-state index in [2.05, 4.69) is 5.32 Å². The van der Waals surface area contributed by atoms with Crippen molar-refractivity contribution in [1.82, 2.24) is 4.90 Å². The lowest BCUT2D eigenvalue weighted by molar-refractivity contribution is -0.131. The van der Waals surface area contributed by atoms with Crippen molar-refractivity contribution in [1.29, 1.82) is 0 Å². The third-order valence-corrected chi connectivity index (χ3v) is 5.68. The Kier molecular flexibility index (Phi) is 6.34. The van der Waals surface area contributed by atoms with Crippen molar-refractivity contribution in [3.8, 4) is 0 Å². The van der Waals surface area contributed by atoms with Crippen LogP contribution in [0.3, 0.4) is 0 Å². The lowest BCUT2D eigenvalue weighted by Crippen LogP contribution is -2.38. The number of piperidine rings is 1. The first kappa shape index (κ1) is 18.5. The standard InChI is InChI=1S/C21H24N2O2S/c1-16(24)22-18-10-12-19(13-11-18)26-20(17-8-4-2-5-9-17)21(25)23-14-6-3-7-15-23/h2,4-5,8-13,20H,3,6-7,14-15H2,1H3,(H,22,24). The van der Waals surface area contributed by atoms with E-state index >= 15 is 0 Å². The lowest BCUT2D eigenvalue weighted by atomic mass is 10.1. The number of anilines is 1. The number of carbonyl (C=O) groups is 2. The van der Waals surface area contributed by atoms with Crippen LogP contribution in [0.25, 0.3) is 0 Å². The summed E-state index contributed by atoms with van der Waals surface area (Å²) >= 11 is 1.57. The van der Waals surface area contributed by atoms with Crippen LogP contribution < -0.4 is 5.32 Å². The molecule has 136 valence electrons. The molecule has 5 heteroatoms. The van der Waals surface area contributed by atoms with Gasteiger partial charge in [0.1, 0.15) is 5.25 Å². The molecule has 0 bridgehead atoms. The summed E-state index contributed by atoms with van der Waals surface area (Å²) < 4.78 is 0. The molecule has 1 saturated heterocycles. The number of benzene rings is 2. The molecule has 1 N–H and O–H groups in total. The molecular weight excluding hydrogens is 344 g/mol. The van der Waals surface area contributed by atoms with Crippen molar-refractivity contribution in [2.24, 2.45) is 0 Å². The van der Waals surface area contributed by atoms with E-state index in [1.54, 1.807) is 11.8 Å². The highest BCUT2D eigenvalue weighted by Gasteiger charge is 2.27. The van der Waals surface area contributed by atoms with E-state index in [4.69, 9.17) is 0 Å². The average Bonchev–Trinajstić information content (AvgIpc) is 2.68. The van der Waals surface area contributed by atoms with E-state index in [0.717, 1.165) is 42.1 Å². The molecule has 26 heavy (non-hydrogen) atoms. The molecule has 0 radical (unpaired) electrons. The van der Waals surface area contributed by atoms with Crippen LogP contribution in [0, 0.1) is 0 Å². The summed E-state index contributed by atoms with van der Waals surface area (Å²) in [4.78, 5) is 27.3. The van der Waals surface area contributed by atoms with Gasteiger partial charge in [0.15, 0.2) is 0 Å². The normalized spacial score (nSPS) is 15.3. The number of carbonyl (C=O) groups excluding carboxylic acids is 2. The maximum absolute atomic E-state index is 13.2. The summed E-state index contributed by atoms with van der Waals surface area (Å²) in [6.45, 7) is 3.19. The molecular formula is C21H24N2O2S. The van der Waals surface area contributed by atoms with Crippen molar-refractivity contribution >= 4 is 29.3 Å². The van der Waals surface area contributed by atoms with Crippen LogP contribution >= 0.6 is 11.8 Å². The summed E-state index contributed by atoms with van der Waals surface area (Å²) in [5, 5.41) is 2.52. The Morgan fingerprint density at radius 3 is 2.23 bits per heavy atom. The number of nitrogens with one attached hydrogen (secondary N) is 1. The van der Waals surface area contributed by atoms with Gasteiger partial charge in [-0.15, -0.1) is 11.8 Å². The molecule has 1 aliphatic rings. The summed E-state index contributed by atoms with van der Waals surface area (Å²) in [5.41, 5.74) is 1.79. The Hall–Kier alpha value is -2.27. The summed E-state index contributed by atoms with van der Waals surface area (Å²) in [7, 11) is 0. The second kappa shape index (κ2) is 8.90. The summed E-state index contributed by atoms with van der Waals surface area (Å²) in [6.07, 6.45) is 3.38. The molecule has 1 atom stereocenters. The minimum absolute atomic E-state index is 0.0900. The topological polar surface area (TPSA) is 49.4 Å². The molecule has 1 heterocycles. The van der Waals surface area contributed by atoms with E-state index in [1.165, 1.54) is 13.3 Å². The number of likely N-dealkylation sites (tertiary alicyclic amines) is 1. The highest BCUT2D eigenvalue weighted by molar-refractivity contribution is 8.00. The van der Waals surface area contributed by atoms with E-state index in [-0.39, 0.29) is 17.1 Å². The van der Waals surface area contributed by atoms with Crippen LogP contribution in [0.1, 0.15) is 37.0 Å². The quantitative estimate of drug-likeness (QED) is 0.791. The molecule has 2 aromatic rings. The zero-order valence-corrected chi connectivity index (χ0v) is 15.8. The molecule has 1 aliphatic heterocycles. The van der Waals surface area contributed by atoms with E-state index in [9.17, 15) is 9.59 Å². The molecule has 0 saturated carbocycles. The molecule has 2 amide bonds. The molecule has 2 aromatic carbocycles. The second-order valence-electron chi connectivity index (χ2n) is 6.50. The highest BCUT2D eigenvalue weighted by atomic mass is 32.2. The molecule has 4 nitrogen and oxygen atoms in total. The van der Waals surface area contributed by atoms with Crippen LogP contribution in [-0.4, -0.2) is 29.8 Å². The van der Waals surface area contributed by atoms with Crippen LogP contribution in [-0.2, 0) is 9.59 Å². The Morgan fingerprint density at radius 2 is 1.62 bits per heavy atom. The Labute approximate surface area is 159 Å². The number of rotatable bonds is 5. The maximum Gasteiger partial charge on any atom is 0.240 e. The number of amides is 2. The minimum atomic E-state index is -0.249. The zero-order chi connectivity index (χ0) is 18.4. The average molecular weight is 369 g/mol. The monoisotopic (exact) mass is 368 g/mol. The lowest BCUT2D eigenvalue weighted by Gasteiger charge is -2.30. The fraction of sp³-hybridized carbons (Fsp3) is 0.333. The first-order chi connectivity index (χ1) is 12.6. The Morgan fingerprint density at radius 1 is 0.962 bits per heavy atom. The molecule has 0 aliphatic carbocycles. The minimum Gasteiger partial charge on any atom is -0.341 e. The van der Waals surface area contributed by atoms with Gasteiger partial charge in [0.25, 0.3) is 0 Å². The number of hydrogen-bond acceptors (Lipinski definition) is 3. The third-order valence-electron chi connectivity index (χ3n) is 4.42. The molecule has 1 unspecified atom stereocenters. The zero-order valence-electron chi connectivity index (χ0n) is 15.0. The molecule has 1 fully saturated rings. The van der Waals surface area contributed by atoms with E-state index in [1.807, 2.05) is 59.5 Å². The van der Waals surface area contributed by atoms with E-state index < -0.39 is 0 Å². The highest BCUT2D eigenvalue weighted by Crippen LogP contribution is 2.37. The fourth-order valence-corrected chi connectivity index (χ4v) is 4.23. The van der Waals surface area contributed by atoms with Gasteiger partial charge < -0.3 is 10.2 Å². The SMILES string of the molecule is CC(=O)Nc1ccc(SC(C(=O)N2CCCCC2)c2ccccc2)cc1. The van der Waals surface area contributed by atoms with Crippen molar-refractivity contribution in [2.75, 3.05) is 18.4 Å². The van der Waals surface area contributed by atoms with Gasteiger partial charge in [-0.1, -0.05) is 30.3 Å². The Bertz CT molecular complexity index is 740. The summed E-state index contributed by atoms with van der Waals surface area (Å²) in [5.74, 6) is 0.0969. The molecule has 3 rings (SSSR count). The van der Waals surface area contributed by atoms with Crippen molar-refractivity contribution in [3.63, 3.8) is 0 Å². The smallest absolute Gasteiger partial charge is 0.240 e. The molecule has 0 spiro atoms. The Balaban J connectivity index is 1.79. The van der Waals surface area contributed by atoms with Gasteiger partial charge >= 0.3 is 0 Å². The van der Waals surface area contributed by atoms with E-state index in [0.29, 0.717) is 0 Å². The van der Waals surface area contributed by atoms with Crippen molar-refractivity contribution in [2.45, 2.75) is 36.3 Å². The van der Waals surface area contributed by atoms with Crippen LogP contribution in [0.4, 0.5) is 5.69 Å². The largest absolute Gasteiger partial charge is 0.341 e. The van der Waals surface area contributed by atoms with Gasteiger partial charge in [-0.05, 0) is 49.1 Å². The second-order valence-corrected chi connectivity index (χ2v) is 7.68. The maximum atomic E-state index is 13.2.